The van der Waals surface area contributed by atoms with Crippen LogP contribution in [-0.4, -0.2) is 60.2 Å². The number of carbonyl (C=O) groups is 1. The van der Waals surface area contributed by atoms with Gasteiger partial charge in [-0.25, -0.2) is 8.78 Å². The Morgan fingerprint density at radius 1 is 1.15 bits per heavy atom. The van der Waals surface area contributed by atoms with Crippen LogP contribution in [0.3, 0.4) is 0 Å². The summed E-state index contributed by atoms with van der Waals surface area (Å²) in [4.78, 5) is 16.5. The maximum absolute atomic E-state index is 13.1. The number of amides is 1. The molecule has 0 N–H and O–H groups in total. The zero-order valence-electron chi connectivity index (χ0n) is 11.8. The van der Waals surface area contributed by atoms with Crippen molar-refractivity contribution in [2.75, 3.05) is 38.6 Å². The molecule has 3 nitrogen and oxygen atoms in total. The molecule has 20 heavy (non-hydrogen) atoms. The van der Waals surface area contributed by atoms with E-state index < -0.39 is 5.92 Å². The van der Waals surface area contributed by atoms with Crippen molar-refractivity contribution in [2.45, 2.75) is 38.0 Å². The van der Waals surface area contributed by atoms with E-state index in [0.717, 1.165) is 32.6 Å². The number of rotatable bonds is 3. The second kappa shape index (κ2) is 7.03. The van der Waals surface area contributed by atoms with Gasteiger partial charge in [0.15, 0.2) is 0 Å². The molecule has 0 bridgehead atoms. The number of nitrogens with zero attached hydrogens (tertiary/aromatic N) is 2. The van der Waals surface area contributed by atoms with Crippen molar-refractivity contribution in [3.63, 3.8) is 0 Å². The molecule has 0 aromatic heterocycles. The summed E-state index contributed by atoms with van der Waals surface area (Å²) in [6, 6.07) is 0. The van der Waals surface area contributed by atoms with Crippen molar-refractivity contribution < 1.29 is 13.6 Å². The molecule has 2 fully saturated rings. The SMILES string of the molecule is O=C(C1CCC(F)(F)CC1)N1CCCN(CCCl)CC1. The van der Waals surface area contributed by atoms with E-state index in [4.69, 9.17) is 11.6 Å². The summed E-state index contributed by atoms with van der Waals surface area (Å²) in [5.74, 6) is -2.08. The minimum absolute atomic E-state index is 0.0771. The molecule has 0 radical (unpaired) electrons. The molecule has 2 rings (SSSR count). The van der Waals surface area contributed by atoms with Gasteiger partial charge in [0.1, 0.15) is 0 Å². The lowest BCUT2D eigenvalue weighted by Gasteiger charge is -2.31. The maximum atomic E-state index is 13.1. The monoisotopic (exact) mass is 308 g/mol. The Bertz CT molecular complexity index is 331. The molecule has 0 aromatic rings. The van der Waals surface area contributed by atoms with Gasteiger partial charge in [-0.1, -0.05) is 0 Å². The molecule has 0 unspecified atom stereocenters. The van der Waals surface area contributed by atoms with Gasteiger partial charge in [0.25, 0.3) is 0 Å². The van der Waals surface area contributed by atoms with Crippen molar-refractivity contribution >= 4 is 17.5 Å². The highest BCUT2D eigenvalue weighted by Gasteiger charge is 2.38. The largest absolute Gasteiger partial charge is 0.341 e. The first-order valence-corrected chi connectivity index (χ1v) is 8.00. The van der Waals surface area contributed by atoms with E-state index in [-0.39, 0.29) is 24.7 Å². The fourth-order valence-corrected chi connectivity index (χ4v) is 3.32. The topological polar surface area (TPSA) is 23.6 Å². The van der Waals surface area contributed by atoms with Gasteiger partial charge < -0.3 is 9.80 Å². The van der Waals surface area contributed by atoms with Crippen LogP contribution in [0.2, 0.25) is 0 Å². The molecule has 6 heteroatoms. The van der Waals surface area contributed by atoms with Crippen LogP contribution in [0, 0.1) is 5.92 Å². The predicted molar refractivity (Wildman–Crippen MR) is 75.3 cm³/mol. The van der Waals surface area contributed by atoms with Gasteiger partial charge in [-0.2, -0.15) is 0 Å². The third-order valence-electron chi connectivity index (χ3n) is 4.37. The second-order valence-corrected chi connectivity index (χ2v) is 6.22. The Balaban J connectivity index is 1.83. The first kappa shape index (κ1) is 16.0. The first-order valence-electron chi connectivity index (χ1n) is 7.47. The Morgan fingerprint density at radius 2 is 1.85 bits per heavy atom. The number of hydrogen-bond acceptors (Lipinski definition) is 2. The maximum Gasteiger partial charge on any atom is 0.248 e. The Morgan fingerprint density at radius 3 is 2.50 bits per heavy atom. The molecule has 0 atom stereocenters. The average molecular weight is 309 g/mol. The van der Waals surface area contributed by atoms with Crippen molar-refractivity contribution in [1.82, 2.24) is 9.80 Å². The summed E-state index contributed by atoms with van der Waals surface area (Å²) < 4.78 is 26.3. The fraction of sp³-hybridized carbons (Fsp3) is 0.929. The zero-order valence-corrected chi connectivity index (χ0v) is 12.5. The standard InChI is InChI=1S/C14H23ClF2N2O/c15-6-9-18-7-1-8-19(11-10-18)13(20)12-2-4-14(16,17)5-3-12/h12H,1-11H2. The number of hydrogen-bond donors (Lipinski definition) is 0. The van der Waals surface area contributed by atoms with Gasteiger partial charge in [0, 0.05) is 50.8 Å². The quantitative estimate of drug-likeness (QED) is 0.748. The van der Waals surface area contributed by atoms with E-state index in [2.05, 4.69) is 4.90 Å². The zero-order chi connectivity index (χ0) is 14.6. The molecular weight excluding hydrogens is 286 g/mol. The van der Waals surface area contributed by atoms with Crippen LogP contribution in [0.4, 0.5) is 8.78 Å². The summed E-state index contributed by atoms with van der Waals surface area (Å²) in [5, 5.41) is 0. The third-order valence-corrected chi connectivity index (χ3v) is 4.54. The fourth-order valence-electron chi connectivity index (χ4n) is 3.08. The van der Waals surface area contributed by atoms with Crippen LogP contribution < -0.4 is 0 Å². The van der Waals surface area contributed by atoms with Gasteiger partial charge in [-0.05, 0) is 25.8 Å². The van der Waals surface area contributed by atoms with Crippen LogP contribution >= 0.6 is 11.6 Å². The van der Waals surface area contributed by atoms with Crippen LogP contribution in [0.15, 0.2) is 0 Å². The normalized spacial score (nSPS) is 25.4. The number of carbonyl (C=O) groups excluding carboxylic acids is 1. The van der Waals surface area contributed by atoms with Crippen molar-refractivity contribution in [3.8, 4) is 0 Å². The Kier molecular flexibility index (Phi) is 5.61. The summed E-state index contributed by atoms with van der Waals surface area (Å²) in [6.07, 6.45) is 1.30. The van der Waals surface area contributed by atoms with E-state index in [1.54, 1.807) is 0 Å². The number of halogens is 3. The van der Waals surface area contributed by atoms with E-state index >= 15 is 0 Å². The van der Waals surface area contributed by atoms with E-state index in [9.17, 15) is 13.6 Å². The van der Waals surface area contributed by atoms with Crippen LogP contribution in [0.1, 0.15) is 32.1 Å². The summed E-state index contributed by atoms with van der Waals surface area (Å²) in [5.41, 5.74) is 0. The van der Waals surface area contributed by atoms with Gasteiger partial charge in [-0.15, -0.1) is 11.6 Å². The summed E-state index contributed by atoms with van der Waals surface area (Å²) >= 11 is 5.74. The highest BCUT2D eigenvalue weighted by molar-refractivity contribution is 6.18. The minimum Gasteiger partial charge on any atom is -0.341 e. The summed E-state index contributed by atoms with van der Waals surface area (Å²) in [7, 11) is 0. The molecule has 1 amide bonds. The third kappa shape index (κ3) is 4.29. The molecule has 1 heterocycles. The highest BCUT2D eigenvalue weighted by atomic mass is 35.5. The molecule has 1 saturated heterocycles. The van der Waals surface area contributed by atoms with E-state index in [0.29, 0.717) is 25.3 Å². The van der Waals surface area contributed by atoms with E-state index in [1.807, 2.05) is 4.90 Å². The van der Waals surface area contributed by atoms with E-state index in [1.165, 1.54) is 0 Å². The lowest BCUT2D eigenvalue weighted by atomic mass is 9.86. The first-order chi connectivity index (χ1) is 9.52. The highest BCUT2D eigenvalue weighted by Crippen LogP contribution is 2.36. The summed E-state index contributed by atoms with van der Waals surface area (Å²) in [6.45, 7) is 4.08. The van der Waals surface area contributed by atoms with Crippen molar-refractivity contribution in [1.29, 1.82) is 0 Å². The van der Waals surface area contributed by atoms with Gasteiger partial charge in [0.2, 0.25) is 11.8 Å². The Hall–Kier alpha value is -0.420. The molecule has 0 spiro atoms. The van der Waals surface area contributed by atoms with Crippen LogP contribution in [0.25, 0.3) is 0 Å². The molecule has 116 valence electrons. The Labute approximate surface area is 124 Å². The molecule has 0 aromatic carbocycles. The second-order valence-electron chi connectivity index (χ2n) is 5.84. The van der Waals surface area contributed by atoms with Gasteiger partial charge >= 0.3 is 0 Å². The van der Waals surface area contributed by atoms with Crippen LogP contribution in [-0.2, 0) is 4.79 Å². The predicted octanol–water partition coefficient (Wildman–Crippen LogP) is 2.59. The smallest absolute Gasteiger partial charge is 0.248 e. The van der Waals surface area contributed by atoms with Gasteiger partial charge in [0.05, 0.1) is 0 Å². The molecule has 1 aliphatic heterocycles. The van der Waals surface area contributed by atoms with Crippen molar-refractivity contribution in [3.05, 3.63) is 0 Å². The molecular formula is C14H23ClF2N2O. The van der Waals surface area contributed by atoms with Crippen LogP contribution in [0.5, 0.6) is 0 Å². The number of alkyl halides is 3. The van der Waals surface area contributed by atoms with Gasteiger partial charge in [-0.3, -0.25) is 4.79 Å². The lowest BCUT2D eigenvalue weighted by Crippen LogP contribution is -2.41. The molecule has 1 aliphatic carbocycles. The molecule has 2 aliphatic rings. The van der Waals surface area contributed by atoms with Crippen molar-refractivity contribution in [2.24, 2.45) is 5.92 Å². The average Bonchev–Trinajstić information content (AvgIpc) is 2.64. The molecule has 1 saturated carbocycles. The lowest BCUT2D eigenvalue weighted by molar-refractivity contribution is -0.139. The minimum atomic E-state index is -2.56.